The van der Waals surface area contributed by atoms with Gasteiger partial charge in [0, 0.05) is 11.6 Å². The molecule has 1 aromatic carbocycles. The van der Waals surface area contributed by atoms with Crippen molar-refractivity contribution in [2.75, 3.05) is 6.61 Å². The Hall–Kier alpha value is -2.86. The normalized spacial score (nSPS) is 26.2. The molecule has 0 aliphatic heterocycles. The summed E-state index contributed by atoms with van der Waals surface area (Å²) in [6.07, 6.45) is -3.71. The van der Waals surface area contributed by atoms with Gasteiger partial charge in [-0.15, -0.1) is 0 Å². The molecule has 34 heavy (non-hydrogen) atoms. The average Bonchev–Trinajstić information content (AvgIpc) is 3.27. The van der Waals surface area contributed by atoms with Crippen molar-refractivity contribution in [2.45, 2.75) is 55.5 Å². The van der Waals surface area contributed by atoms with Crippen LogP contribution in [0.3, 0.4) is 0 Å². The standard InChI is InChI=1S/C21H20ClF4N3O5/c22-12-2-1-11(7-13(12)23)33-10-16(31)28-20-5-3-19(4-6-20,8-15(20)30)29-17(32)14-9-34-18(27-14)21(24,25)26/h1-2,7,9,15,30H,3-6,8,10H2,(H,28,31)(H,29,32)/t15-,19?,20?/m0/s1. The van der Waals surface area contributed by atoms with Crippen LogP contribution < -0.4 is 15.4 Å². The van der Waals surface area contributed by atoms with Gasteiger partial charge in [0.1, 0.15) is 17.8 Å². The molecule has 0 unspecified atom stereocenters. The van der Waals surface area contributed by atoms with Crippen LogP contribution in [0.15, 0.2) is 28.9 Å². The summed E-state index contributed by atoms with van der Waals surface area (Å²) in [6, 6.07) is 3.76. The molecule has 8 nitrogen and oxygen atoms in total. The number of benzene rings is 1. The highest BCUT2D eigenvalue weighted by Gasteiger charge is 2.55. The Balaban J connectivity index is 1.34. The summed E-state index contributed by atoms with van der Waals surface area (Å²) in [6.45, 7) is -0.412. The maximum atomic E-state index is 13.5. The van der Waals surface area contributed by atoms with Gasteiger partial charge >= 0.3 is 12.1 Å². The number of rotatable bonds is 6. The molecule has 0 radical (unpaired) electrons. The third kappa shape index (κ3) is 4.83. The molecule has 3 saturated carbocycles. The first-order valence-electron chi connectivity index (χ1n) is 10.3. The number of hydrogen-bond acceptors (Lipinski definition) is 6. The van der Waals surface area contributed by atoms with E-state index in [1.54, 1.807) is 0 Å². The van der Waals surface area contributed by atoms with E-state index >= 15 is 0 Å². The van der Waals surface area contributed by atoms with Crippen molar-refractivity contribution in [1.82, 2.24) is 15.6 Å². The number of aromatic nitrogens is 1. The molecule has 1 aromatic heterocycles. The lowest BCUT2D eigenvalue weighted by Crippen LogP contribution is -2.70. The number of amides is 2. The monoisotopic (exact) mass is 505 g/mol. The number of fused-ring (bicyclic) bond motifs is 3. The molecule has 0 spiro atoms. The summed E-state index contributed by atoms with van der Waals surface area (Å²) in [4.78, 5) is 28.1. The van der Waals surface area contributed by atoms with Gasteiger partial charge < -0.3 is 24.9 Å². The highest BCUT2D eigenvalue weighted by Crippen LogP contribution is 2.47. The summed E-state index contributed by atoms with van der Waals surface area (Å²) in [5.41, 5.74) is -2.30. The van der Waals surface area contributed by atoms with Crippen LogP contribution in [-0.2, 0) is 11.0 Å². The third-order valence-electron chi connectivity index (χ3n) is 6.33. The maximum Gasteiger partial charge on any atom is 0.468 e. The molecule has 2 amide bonds. The second kappa shape index (κ2) is 8.73. The molecule has 3 aliphatic carbocycles. The zero-order chi connectivity index (χ0) is 24.7. The minimum absolute atomic E-state index is 0.0804. The highest BCUT2D eigenvalue weighted by molar-refractivity contribution is 6.30. The Bertz CT molecular complexity index is 1100. The number of aliphatic hydroxyl groups excluding tert-OH is 1. The quantitative estimate of drug-likeness (QED) is 0.520. The molecule has 1 heterocycles. The molecular weight excluding hydrogens is 486 g/mol. The lowest BCUT2D eigenvalue weighted by atomic mass is 9.60. The van der Waals surface area contributed by atoms with Crippen LogP contribution in [0.5, 0.6) is 5.75 Å². The molecule has 184 valence electrons. The number of carbonyl (C=O) groups excluding carboxylic acids is 2. The number of ether oxygens (including phenoxy) is 1. The number of oxazole rings is 1. The van der Waals surface area contributed by atoms with Crippen LogP contribution in [0.2, 0.25) is 5.02 Å². The molecule has 3 N–H and O–H groups in total. The summed E-state index contributed by atoms with van der Waals surface area (Å²) in [7, 11) is 0. The van der Waals surface area contributed by atoms with Gasteiger partial charge in [-0.25, -0.2) is 9.37 Å². The van der Waals surface area contributed by atoms with Gasteiger partial charge in [-0.2, -0.15) is 13.2 Å². The van der Waals surface area contributed by atoms with Crippen LogP contribution in [0, 0.1) is 5.82 Å². The van der Waals surface area contributed by atoms with Crippen LogP contribution in [0.25, 0.3) is 0 Å². The molecule has 1 atom stereocenters. The molecule has 3 aliphatic rings. The lowest BCUT2D eigenvalue weighted by molar-refractivity contribution is -0.157. The molecule has 13 heteroatoms. The first kappa shape index (κ1) is 24.3. The Kier molecular flexibility index (Phi) is 6.23. The average molecular weight is 506 g/mol. The van der Waals surface area contributed by atoms with E-state index in [4.69, 9.17) is 16.3 Å². The van der Waals surface area contributed by atoms with Gasteiger partial charge in [0.15, 0.2) is 12.3 Å². The van der Waals surface area contributed by atoms with Crippen LogP contribution in [0.1, 0.15) is 48.5 Å². The summed E-state index contributed by atoms with van der Waals surface area (Å²) >= 11 is 5.61. The van der Waals surface area contributed by atoms with Gasteiger partial charge in [0.25, 0.3) is 11.8 Å². The fourth-order valence-electron chi connectivity index (χ4n) is 4.50. The molecular formula is C21H20ClF4N3O5. The van der Waals surface area contributed by atoms with Crippen LogP contribution >= 0.6 is 11.6 Å². The molecule has 2 bridgehead atoms. The van der Waals surface area contributed by atoms with Crippen molar-refractivity contribution in [3.05, 3.63) is 46.9 Å². The smallest absolute Gasteiger partial charge is 0.468 e. The predicted molar refractivity (Wildman–Crippen MR) is 109 cm³/mol. The van der Waals surface area contributed by atoms with E-state index in [0.717, 1.165) is 6.07 Å². The maximum absolute atomic E-state index is 13.5. The van der Waals surface area contributed by atoms with Gasteiger partial charge in [0.2, 0.25) is 0 Å². The Morgan fingerprint density at radius 2 is 1.94 bits per heavy atom. The van der Waals surface area contributed by atoms with Gasteiger partial charge in [-0.1, -0.05) is 11.6 Å². The molecule has 5 rings (SSSR count). The second-order valence-electron chi connectivity index (χ2n) is 8.56. The summed E-state index contributed by atoms with van der Waals surface area (Å²) in [5.74, 6) is -3.45. The van der Waals surface area contributed by atoms with Crippen molar-refractivity contribution in [3.63, 3.8) is 0 Å². The van der Waals surface area contributed by atoms with E-state index in [2.05, 4.69) is 20.0 Å². The fraction of sp³-hybridized carbons (Fsp3) is 0.476. The SMILES string of the molecule is O=C(COc1ccc(Cl)c(F)c1)NC12CCC(NC(=O)c3coc(C(F)(F)F)n3)(CC1)C[C@@H]2O. The zero-order valence-corrected chi connectivity index (χ0v) is 18.3. The minimum atomic E-state index is -4.81. The number of aliphatic hydroxyl groups is 1. The van der Waals surface area contributed by atoms with Crippen LogP contribution in [0.4, 0.5) is 17.6 Å². The van der Waals surface area contributed by atoms with Crippen molar-refractivity contribution in [3.8, 4) is 5.75 Å². The number of carbonyl (C=O) groups is 2. The number of nitrogens with zero attached hydrogens (tertiary/aromatic N) is 1. The van der Waals surface area contributed by atoms with Gasteiger partial charge in [-0.3, -0.25) is 9.59 Å². The van der Waals surface area contributed by atoms with Crippen LogP contribution in [-0.4, -0.2) is 45.7 Å². The minimum Gasteiger partial charge on any atom is -0.484 e. The molecule has 3 fully saturated rings. The van der Waals surface area contributed by atoms with Crippen molar-refractivity contribution >= 4 is 23.4 Å². The highest BCUT2D eigenvalue weighted by atomic mass is 35.5. The zero-order valence-electron chi connectivity index (χ0n) is 17.5. The predicted octanol–water partition coefficient (Wildman–Crippen LogP) is 3.23. The van der Waals surface area contributed by atoms with E-state index in [1.807, 2.05) is 0 Å². The van der Waals surface area contributed by atoms with E-state index in [9.17, 15) is 32.3 Å². The van der Waals surface area contributed by atoms with Gasteiger partial charge in [-0.05, 0) is 44.2 Å². The Morgan fingerprint density at radius 1 is 1.24 bits per heavy atom. The van der Waals surface area contributed by atoms with E-state index in [0.29, 0.717) is 31.9 Å². The number of halogens is 5. The largest absolute Gasteiger partial charge is 0.484 e. The lowest BCUT2D eigenvalue weighted by Gasteiger charge is -2.56. The second-order valence-corrected chi connectivity index (χ2v) is 8.97. The fourth-order valence-corrected chi connectivity index (χ4v) is 4.62. The van der Waals surface area contributed by atoms with Crippen molar-refractivity contribution in [1.29, 1.82) is 0 Å². The Morgan fingerprint density at radius 3 is 2.53 bits per heavy atom. The first-order chi connectivity index (χ1) is 15.9. The number of nitrogens with one attached hydrogen (secondary N) is 2. The van der Waals surface area contributed by atoms with E-state index in [1.165, 1.54) is 12.1 Å². The van der Waals surface area contributed by atoms with Crippen molar-refractivity contribution < 1.29 is 41.4 Å². The molecule has 0 saturated heterocycles. The third-order valence-corrected chi connectivity index (χ3v) is 6.64. The Labute approximate surface area is 195 Å². The molecule has 2 aromatic rings. The first-order valence-corrected chi connectivity index (χ1v) is 10.7. The summed E-state index contributed by atoms with van der Waals surface area (Å²) < 4.78 is 61.1. The van der Waals surface area contributed by atoms with E-state index < -0.39 is 59.2 Å². The number of hydrogen-bond donors (Lipinski definition) is 3. The van der Waals surface area contributed by atoms with E-state index in [-0.39, 0.29) is 17.2 Å². The topological polar surface area (TPSA) is 114 Å². The summed E-state index contributed by atoms with van der Waals surface area (Å²) in [5, 5.41) is 16.2. The van der Waals surface area contributed by atoms with Gasteiger partial charge in [0.05, 0.1) is 16.7 Å². The number of alkyl halides is 3. The van der Waals surface area contributed by atoms with Crippen molar-refractivity contribution in [2.24, 2.45) is 0 Å².